The first-order chi connectivity index (χ1) is 10.2. The third-order valence-corrected chi connectivity index (χ3v) is 6.09. The number of nitrogens with one attached hydrogen (secondary N) is 1. The largest absolute Gasteiger partial charge is 0.347 e. The summed E-state index contributed by atoms with van der Waals surface area (Å²) >= 11 is 1.72. The lowest BCUT2D eigenvalue weighted by Gasteiger charge is -2.49. The molecule has 2 atom stereocenters. The minimum absolute atomic E-state index is 0. The lowest BCUT2D eigenvalue weighted by Crippen LogP contribution is -2.62. The molecular weight excluding hydrogens is 316 g/mol. The first kappa shape index (κ1) is 15.8. The fourth-order valence-corrected chi connectivity index (χ4v) is 4.66. The molecule has 2 aromatic rings. The van der Waals surface area contributed by atoms with Crippen LogP contribution in [0.1, 0.15) is 30.1 Å². The van der Waals surface area contributed by atoms with Gasteiger partial charge in [-0.15, -0.1) is 23.7 Å². The van der Waals surface area contributed by atoms with Gasteiger partial charge >= 0.3 is 0 Å². The van der Waals surface area contributed by atoms with Gasteiger partial charge in [0.15, 0.2) is 0 Å². The summed E-state index contributed by atoms with van der Waals surface area (Å²) in [5.41, 5.74) is 0.782. The Morgan fingerprint density at radius 1 is 1.27 bits per heavy atom. The van der Waals surface area contributed by atoms with Gasteiger partial charge in [-0.25, -0.2) is 0 Å². The number of amides is 1. The van der Waals surface area contributed by atoms with Crippen LogP contribution in [-0.4, -0.2) is 36.0 Å². The summed E-state index contributed by atoms with van der Waals surface area (Å²) in [6.07, 6.45) is 2.44. The van der Waals surface area contributed by atoms with Crippen LogP contribution in [-0.2, 0) is 0 Å². The standard InChI is InChI=1S/C17H20N2OS.ClH/c1-11-16(12-4-7-19(11)8-5-12)18-17(20)14-2-3-15-13(10-14)6-9-21-15;/h2-3,6,9-12,16H,4-5,7-8H2,1H3,(H,18,20);1H/t11-,16+;/m1./s1. The molecule has 1 N–H and O–H groups in total. The molecule has 0 radical (unpaired) electrons. The number of carbonyl (C=O) groups excluding carboxylic acids is 1. The van der Waals surface area contributed by atoms with Crippen LogP contribution in [0.15, 0.2) is 29.6 Å². The Labute approximate surface area is 141 Å². The highest BCUT2D eigenvalue weighted by atomic mass is 35.5. The van der Waals surface area contributed by atoms with E-state index in [9.17, 15) is 4.79 Å². The maximum absolute atomic E-state index is 12.6. The molecule has 1 amide bonds. The van der Waals surface area contributed by atoms with Crippen LogP contribution in [0.3, 0.4) is 0 Å². The van der Waals surface area contributed by atoms with Gasteiger partial charge in [-0.1, -0.05) is 0 Å². The predicted molar refractivity (Wildman–Crippen MR) is 94.1 cm³/mol. The summed E-state index contributed by atoms with van der Waals surface area (Å²) in [6.45, 7) is 4.64. The quantitative estimate of drug-likeness (QED) is 0.909. The maximum atomic E-state index is 12.6. The highest BCUT2D eigenvalue weighted by molar-refractivity contribution is 7.17. The molecule has 0 saturated carbocycles. The Balaban J connectivity index is 0.00000144. The topological polar surface area (TPSA) is 32.3 Å². The summed E-state index contributed by atoms with van der Waals surface area (Å²) in [6, 6.07) is 8.85. The van der Waals surface area contributed by atoms with Gasteiger partial charge in [-0.2, -0.15) is 0 Å². The molecule has 3 fully saturated rings. The molecule has 1 aromatic heterocycles. The highest BCUT2D eigenvalue weighted by Crippen LogP contribution is 2.32. The van der Waals surface area contributed by atoms with E-state index in [1.807, 2.05) is 12.1 Å². The van der Waals surface area contributed by atoms with Crippen LogP contribution < -0.4 is 5.32 Å². The molecule has 3 aliphatic rings. The van der Waals surface area contributed by atoms with Gasteiger partial charge in [0.1, 0.15) is 0 Å². The Kier molecular flexibility index (Phi) is 4.44. The van der Waals surface area contributed by atoms with E-state index in [1.165, 1.54) is 30.6 Å². The molecule has 5 rings (SSSR count). The van der Waals surface area contributed by atoms with Crippen molar-refractivity contribution < 1.29 is 4.79 Å². The number of hydrogen-bond donors (Lipinski definition) is 1. The third kappa shape index (κ3) is 2.64. The van der Waals surface area contributed by atoms with Crippen LogP contribution in [0.25, 0.3) is 10.1 Å². The Morgan fingerprint density at radius 3 is 2.77 bits per heavy atom. The molecule has 3 aliphatic heterocycles. The lowest BCUT2D eigenvalue weighted by atomic mass is 9.79. The van der Waals surface area contributed by atoms with E-state index in [2.05, 4.69) is 34.7 Å². The smallest absolute Gasteiger partial charge is 0.251 e. The van der Waals surface area contributed by atoms with E-state index >= 15 is 0 Å². The van der Waals surface area contributed by atoms with Gasteiger partial charge in [0.05, 0.1) is 0 Å². The van der Waals surface area contributed by atoms with Crippen molar-refractivity contribution in [2.45, 2.75) is 31.8 Å². The molecule has 0 aliphatic carbocycles. The van der Waals surface area contributed by atoms with Crippen molar-refractivity contribution in [2.75, 3.05) is 13.1 Å². The minimum Gasteiger partial charge on any atom is -0.347 e. The summed E-state index contributed by atoms with van der Waals surface area (Å²) in [5.74, 6) is 0.729. The van der Waals surface area contributed by atoms with Crippen molar-refractivity contribution >= 4 is 39.7 Å². The molecule has 4 heterocycles. The lowest BCUT2D eigenvalue weighted by molar-refractivity contribution is 0.0217. The van der Waals surface area contributed by atoms with Crippen LogP contribution >= 0.6 is 23.7 Å². The molecule has 3 nitrogen and oxygen atoms in total. The van der Waals surface area contributed by atoms with Gasteiger partial charge in [0.25, 0.3) is 5.91 Å². The number of thiophene rings is 1. The average molecular weight is 337 g/mol. The monoisotopic (exact) mass is 336 g/mol. The van der Waals surface area contributed by atoms with E-state index in [4.69, 9.17) is 0 Å². The van der Waals surface area contributed by atoms with Crippen LogP contribution in [0.2, 0.25) is 0 Å². The molecule has 2 bridgehead atoms. The van der Waals surface area contributed by atoms with E-state index < -0.39 is 0 Å². The average Bonchev–Trinajstić information content (AvgIpc) is 2.98. The molecule has 3 saturated heterocycles. The molecule has 1 aromatic carbocycles. The van der Waals surface area contributed by atoms with Crippen LogP contribution in [0, 0.1) is 5.92 Å². The Bertz CT molecular complexity index is 676. The van der Waals surface area contributed by atoms with Crippen molar-refractivity contribution in [1.29, 1.82) is 0 Å². The number of halogens is 1. The minimum atomic E-state index is 0. The zero-order chi connectivity index (χ0) is 14.4. The number of fused-ring (bicyclic) bond motifs is 4. The van der Waals surface area contributed by atoms with Crippen LogP contribution in [0.5, 0.6) is 0 Å². The number of piperidine rings is 3. The van der Waals surface area contributed by atoms with Crippen molar-refractivity contribution in [1.82, 2.24) is 10.2 Å². The number of benzene rings is 1. The van der Waals surface area contributed by atoms with E-state index in [0.717, 1.165) is 10.9 Å². The molecular formula is C17H21ClN2OS. The van der Waals surface area contributed by atoms with Crippen molar-refractivity contribution in [3.05, 3.63) is 35.2 Å². The van der Waals surface area contributed by atoms with Gasteiger partial charge in [-0.05, 0) is 73.8 Å². The van der Waals surface area contributed by atoms with E-state index in [1.54, 1.807) is 11.3 Å². The number of rotatable bonds is 2. The first-order valence-corrected chi connectivity index (χ1v) is 8.62. The predicted octanol–water partition coefficient (Wildman–Crippen LogP) is 3.54. The molecule has 0 spiro atoms. The van der Waals surface area contributed by atoms with Gasteiger partial charge < -0.3 is 5.32 Å². The van der Waals surface area contributed by atoms with E-state index in [-0.39, 0.29) is 18.3 Å². The zero-order valence-electron chi connectivity index (χ0n) is 12.6. The van der Waals surface area contributed by atoms with Crippen LogP contribution in [0.4, 0.5) is 0 Å². The van der Waals surface area contributed by atoms with Gasteiger partial charge in [-0.3, -0.25) is 9.69 Å². The molecule has 5 heteroatoms. The Morgan fingerprint density at radius 2 is 2.05 bits per heavy atom. The maximum Gasteiger partial charge on any atom is 0.251 e. The zero-order valence-corrected chi connectivity index (χ0v) is 14.3. The molecule has 0 unspecified atom stereocenters. The highest BCUT2D eigenvalue weighted by Gasteiger charge is 2.40. The first-order valence-electron chi connectivity index (χ1n) is 7.74. The summed E-state index contributed by atoms with van der Waals surface area (Å²) < 4.78 is 1.24. The fraction of sp³-hybridized carbons (Fsp3) is 0.471. The van der Waals surface area contributed by atoms with Crippen molar-refractivity contribution in [2.24, 2.45) is 5.92 Å². The van der Waals surface area contributed by atoms with Crippen molar-refractivity contribution in [3.63, 3.8) is 0 Å². The summed E-state index contributed by atoms with van der Waals surface area (Å²) in [5, 5.41) is 6.53. The summed E-state index contributed by atoms with van der Waals surface area (Å²) in [7, 11) is 0. The Hall–Kier alpha value is -1.10. The third-order valence-electron chi connectivity index (χ3n) is 5.19. The number of hydrogen-bond acceptors (Lipinski definition) is 3. The second-order valence-electron chi connectivity index (χ2n) is 6.29. The van der Waals surface area contributed by atoms with Crippen molar-refractivity contribution in [3.8, 4) is 0 Å². The van der Waals surface area contributed by atoms with Gasteiger partial charge in [0, 0.05) is 22.3 Å². The normalized spacial score (nSPS) is 30.0. The molecule has 22 heavy (non-hydrogen) atoms. The van der Waals surface area contributed by atoms with E-state index in [0.29, 0.717) is 18.0 Å². The number of carbonyl (C=O) groups is 1. The second kappa shape index (κ2) is 6.19. The summed E-state index contributed by atoms with van der Waals surface area (Å²) in [4.78, 5) is 15.1. The SMILES string of the molecule is C[C@@H]1[C@H](NC(=O)c2ccc3sccc3c2)C2CCN1CC2.Cl. The second-order valence-corrected chi connectivity index (χ2v) is 7.23. The van der Waals surface area contributed by atoms with Gasteiger partial charge in [0.2, 0.25) is 0 Å². The molecule has 118 valence electrons. The number of nitrogens with zero attached hydrogens (tertiary/aromatic N) is 1. The fourth-order valence-electron chi connectivity index (χ4n) is 3.89.